The minimum absolute atomic E-state index is 0.171. The molecule has 0 radical (unpaired) electrons. The van der Waals surface area contributed by atoms with E-state index in [1.807, 2.05) is 0 Å². The summed E-state index contributed by atoms with van der Waals surface area (Å²) in [5.74, 6) is -2.62. The summed E-state index contributed by atoms with van der Waals surface area (Å²) < 4.78 is 65.2. The second-order valence-electron chi connectivity index (χ2n) is 6.71. The van der Waals surface area contributed by atoms with Crippen molar-refractivity contribution in [3.05, 3.63) is 64.7 Å². The molecule has 0 spiro atoms. The van der Waals surface area contributed by atoms with E-state index in [1.54, 1.807) is 0 Å². The van der Waals surface area contributed by atoms with Gasteiger partial charge in [0.25, 0.3) is 10.0 Å². The summed E-state index contributed by atoms with van der Waals surface area (Å²) in [4.78, 5) is 24.8. The molecule has 1 fully saturated rings. The maximum atomic E-state index is 13.0. The SMILES string of the molecule is O=C1CN(S(=O)(=O)c2ccc(Cl)cc2)C(=O)C(Cc2cccc(C(F)(F)F)c2)CN1. The molecule has 2 aromatic carbocycles. The van der Waals surface area contributed by atoms with Crippen molar-refractivity contribution in [3.8, 4) is 0 Å². The van der Waals surface area contributed by atoms with Crippen LogP contribution >= 0.6 is 11.6 Å². The summed E-state index contributed by atoms with van der Waals surface area (Å²) in [6, 6.07) is 9.49. The lowest BCUT2D eigenvalue weighted by Crippen LogP contribution is -2.42. The van der Waals surface area contributed by atoms with Gasteiger partial charge in [-0.05, 0) is 42.3 Å². The summed E-state index contributed by atoms with van der Waals surface area (Å²) in [7, 11) is -4.36. The van der Waals surface area contributed by atoms with Crippen LogP contribution in [0.5, 0.6) is 0 Å². The van der Waals surface area contributed by atoms with Crippen molar-refractivity contribution in [2.24, 2.45) is 5.92 Å². The van der Waals surface area contributed by atoms with Crippen LogP contribution in [0.25, 0.3) is 0 Å². The lowest BCUT2D eigenvalue weighted by Gasteiger charge is -2.23. The molecule has 0 aliphatic carbocycles. The van der Waals surface area contributed by atoms with Crippen LogP contribution in [0.4, 0.5) is 13.2 Å². The Kier molecular flexibility index (Phi) is 6.09. The molecule has 160 valence electrons. The Morgan fingerprint density at radius 1 is 1.10 bits per heavy atom. The molecule has 11 heteroatoms. The average Bonchev–Trinajstić information content (AvgIpc) is 2.82. The van der Waals surface area contributed by atoms with Crippen LogP contribution in [0.1, 0.15) is 11.1 Å². The minimum Gasteiger partial charge on any atom is -0.354 e. The smallest absolute Gasteiger partial charge is 0.354 e. The molecule has 1 unspecified atom stereocenters. The summed E-state index contributed by atoms with van der Waals surface area (Å²) in [6.45, 7) is -0.913. The van der Waals surface area contributed by atoms with Crippen LogP contribution in [0, 0.1) is 5.92 Å². The molecule has 3 rings (SSSR count). The maximum Gasteiger partial charge on any atom is 0.416 e. The van der Waals surface area contributed by atoms with Crippen molar-refractivity contribution in [2.75, 3.05) is 13.1 Å². The van der Waals surface area contributed by atoms with E-state index >= 15 is 0 Å². The first-order valence-corrected chi connectivity index (χ1v) is 10.6. The van der Waals surface area contributed by atoms with E-state index in [9.17, 15) is 31.2 Å². The van der Waals surface area contributed by atoms with Gasteiger partial charge in [0.2, 0.25) is 11.8 Å². The first-order chi connectivity index (χ1) is 14.0. The van der Waals surface area contributed by atoms with Crippen LogP contribution in [0.15, 0.2) is 53.4 Å². The molecule has 0 bridgehead atoms. The number of nitrogens with zero attached hydrogens (tertiary/aromatic N) is 1. The molecule has 0 aromatic heterocycles. The van der Waals surface area contributed by atoms with E-state index in [0.29, 0.717) is 4.31 Å². The molecule has 1 saturated heterocycles. The van der Waals surface area contributed by atoms with Gasteiger partial charge >= 0.3 is 6.18 Å². The van der Waals surface area contributed by atoms with E-state index in [-0.39, 0.29) is 28.4 Å². The molecular weight excluding hydrogens is 445 g/mol. The minimum atomic E-state index is -4.55. The summed E-state index contributed by atoms with van der Waals surface area (Å²) in [5, 5.41) is 2.73. The highest BCUT2D eigenvalue weighted by Crippen LogP contribution is 2.30. The van der Waals surface area contributed by atoms with Gasteiger partial charge in [-0.2, -0.15) is 13.2 Å². The molecular formula is C19H16ClF3N2O4S. The monoisotopic (exact) mass is 460 g/mol. The Morgan fingerprint density at radius 2 is 1.77 bits per heavy atom. The number of nitrogens with one attached hydrogen (secondary N) is 1. The maximum absolute atomic E-state index is 13.0. The zero-order valence-electron chi connectivity index (χ0n) is 15.3. The van der Waals surface area contributed by atoms with Gasteiger partial charge in [-0.25, -0.2) is 12.7 Å². The molecule has 2 aromatic rings. The fraction of sp³-hybridized carbons (Fsp3) is 0.263. The van der Waals surface area contributed by atoms with Crippen molar-refractivity contribution in [1.82, 2.24) is 9.62 Å². The molecule has 1 atom stereocenters. The second kappa shape index (κ2) is 8.27. The number of halogens is 4. The van der Waals surface area contributed by atoms with Crippen molar-refractivity contribution in [2.45, 2.75) is 17.5 Å². The number of carbonyl (C=O) groups excluding carboxylic acids is 2. The van der Waals surface area contributed by atoms with Gasteiger partial charge in [0.15, 0.2) is 0 Å². The van der Waals surface area contributed by atoms with Crippen molar-refractivity contribution in [1.29, 1.82) is 0 Å². The first kappa shape index (κ1) is 22.1. The van der Waals surface area contributed by atoms with E-state index in [2.05, 4.69) is 5.32 Å². The van der Waals surface area contributed by atoms with E-state index in [4.69, 9.17) is 11.6 Å². The third kappa shape index (κ3) is 4.76. The van der Waals surface area contributed by atoms with Crippen LogP contribution in [0.2, 0.25) is 5.02 Å². The van der Waals surface area contributed by atoms with Crippen molar-refractivity contribution in [3.63, 3.8) is 0 Å². The van der Waals surface area contributed by atoms with Gasteiger partial charge in [0, 0.05) is 11.6 Å². The van der Waals surface area contributed by atoms with E-state index < -0.39 is 46.0 Å². The van der Waals surface area contributed by atoms with Crippen molar-refractivity contribution < 1.29 is 31.2 Å². The Morgan fingerprint density at radius 3 is 2.40 bits per heavy atom. The number of hydrogen-bond acceptors (Lipinski definition) is 4. The number of amides is 2. The zero-order valence-corrected chi connectivity index (χ0v) is 16.9. The van der Waals surface area contributed by atoms with Gasteiger partial charge in [0.05, 0.1) is 16.4 Å². The Bertz CT molecular complexity index is 1070. The first-order valence-electron chi connectivity index (χ1n) is 8.73. The highest BCUT2D eigenvalue weighted by Gasteiger charge is 2.38. The second-order valence-corrected chi connectivity index (χ2v) is 9.01. The van der Waals surface area contributed by atoms with Crippen LogP contribution in [0.3, 0.4) is 0 Å². The number of benzene rings is 2. The topological polar surface area (TPSA) is 83.6 Å². The van der Waals surface area contributed by atoms with Gasteiger partial charge < -0.3 is 5.32 Å². The van der Waals surface area contributed by atoms with Gasteiger partial charge in [-0.1, -0.05) is 29.8 Å². The summed E-state index contributed by atoms with van der Waals surface area (Å²) in [5.41, 5.74) is -0.682. The van der Waals surface area contributed by atoms with Crippen molar-refractivity contribution >= 4 is 33.4 Å². The zero-order chi connectivity index (χ0) is 22.1. The lowest BCUT2D eigenvalue weighted by molar-refractivity contribution is -0.137. The average molecular weight is 461 g/mol. The van der Waals surface area contributed by atoms with Gasteiger partial charge in [-0.15, -0.1) is 0 Å². The third-order valence-electron chi connectivity index (χ3n) is 4.57. The predicted molar refractivity (Wildman–Crippen MR) is 102 cm³/mol. The molecule has 1 aliphatic rings. The number of sulfonamides is 1. The number of rotatable bonds is 4. The van der Waals surface area contributed by atoms with E-state index in [1.165, 1.54) is 36.4 Å². The number of carbonyl (C=O) groups is 2. The number of alkyl halides is 3. The van der Waals surface area contributed by atoms with Crippen LogP contribution in [-0.4, -0.2) is 37.6 Å². The Labute approximate surface area is 175 Å². The molecule has 6 nitrogen and oxygen atoms in total. The Hall–Kier alpha value is -2.59. The van der Waals surface area contributed by atoms with Crippen LogP contribution in [-0.2, 0) is 32.2 Å². The summed E-state index contributed by atoms with van der Waals surface area (Å²) in [6.07, 6.45) is -4.72. The predicted octanol–water partition coefficient (Wildman–Crippen LogP) is 2.86. The van der Waals surface area contributed by atoms with Crippen LogP contribution < -0.4 is 5.32 Å². The summed E-state index contributed by atoms with van der Waals surface area (Å²) >= 11 is 5.76. The third-order valence-corrected chi connectivity index (χ3v) is 6.58. The largest absolute Gasteiger partial charge is 0.416 e. The van der Waals surface area contributed by atoms with E-state index in [0.717, 1.165) is 12.1 Å². The molecule has 30 heavy (non-hydrogen) atoms. The molecule has 1 heterocycles. The standard InChI is InChI=1S/C19H16ClF3N2O4S/c20-15-4-6-16(7-5-15)30(28,29)25-11-17(26)24-10-13(18(25)27)8-12-2-1-3-14(9-12)19(21,22)23/h1-7,9,13H,8,10-11H2,(H,24,26). The Balaban J connectivity index is 1.91. The quantitative estimate of drug-likeness (QED) is 0.760. The fourth-order valence-electron chi connectivity index (χ4n) is 3.05. The van der Waals surface area contributed by atoms with Gasteiger partial charge in [-0.3, -0.25) is 9.59 Å². The highest BCUT2D eigenvalue weighted by atomic mass is 35.5. The fourth-order valence-corrected chi connectivity index (χ4v) is 4.58. The molecule has 1 aliphatic heterocycles. The normalized spacial score (nSPS) is 18.1. The lowest BCUT2D eigenvalue weighted by atomic mass is 9.97. The molecule has 2 amide bonds. The highest BCUT2D eigenvalue weighted by molar-refractivity contribution is 7.89. The number of hydrogen-bond donors (Lipinski definition) is 1. The molecule has 0 saturated carbocycles. The molecule has 1 N–H and O–H groups in total. The van der Waals surface area contributed by atoms with Gasteiger partial charge in [0.1, 0.15) is 6.54 Å².